The quantitative estimate of drug-likeness (QED) is 0.572. The number of nitrogens with zero attached hydrogens (tertiary/aromatic N) is 2. The lowest BCUT2D eigenvalue weighted by Crippen LogP contribution is -2.37. The van der Waals surface area contributed by atoms with E-state index in [1.165, 1.54) is 20.2 Å². The van der Waals surface area contributed by atoms with E-state index in [-0.39, 0.29) is 16.7 Å². The molecule has 120 valence electrons. The highest BCUT2D eigenvalue weighted by atomic mass is 16.4. The third kappa shape index (κ3) is 1.81. The van der Waals surface area contributed by atoms with E-state index in [0.717, 1.165) is 20.0 Å². The van der Waals surface area contributed by atoms with E-state index in [4.69, 9.17) is 4.42 Å². The molecule has 0 aliphatic rings. The van der Waals surface area contributed by atoms with Crippen LogP contribution in [0, 0.1) is 0 Å². The second kappa shape index (κ2) is 4.82. The highest BCUT2D eigenvalue weighted by molar-refractivity contribution is 5.96. The Morgan fingerprint density at radius 2 is 1.71 bits per heavy atom. The fraction of sp³-hybridized carbons (Fsp3) is 0.118. The molecule has 0 aliphatic carbocycles. The van der Waals surface area contributed by atoms with Gasteiger partial charge in [0, 0.05) is 36.8 Å². The Hall–Kier alpha value is -3.35. The summed E-state index contributed by atoms with van der Waals surface area (Å²) in [6, 6.07) is 9.01. The van der Waals surface area contributed by atoms with Crippen LogP contribution in [-0.4, -0.2) is 14.1 Å². The van der Waals surface area contributed by atoms with Crippen molar-refractivity contribution in [3.8, 4) is 11.1 Å². The van der Waals surface area contributed by atoms with E-state index >= 15 is 0 Å². The molecule has 3 aromatic heterocycles. The monoisotopic (exact) mass is 323 g/mol. The molecule has 0 bridgehead atoms. The summed E-state index contributed by atoms with van der Waals surface area (Å²) in [6.07, 6.45) is 1.70. The fourth-order valence-corrected chi connectivity index (χ4v) is 2.93. The molecule has 7 nitrogen and oxygen atoms in total. The third-order valence-corrected chi connectivity index (χ3v) is 4.22. The molecule has 0 atom stereocenters. The predicted molar refractivity (Wildman–Crippen MR) is 90.3 cm³/mol. The van der Waals surface area contributed by atoms with Gasteiger partial charge in [-0.2, -0.15) is 0 Å². The second-order valence-electron chi connectivity index (χ2n) is 5.62. The van der Waals surface area contributed by atoms with E-state index in [0.29, 0.717) is 5.56 Å². The van der Waals surface area contributed by atoms with Crippen LogP contribution in [0.4, 0.5) is 0 Å². The molecule has 3 heterocycles. The largest absolute Gasteiger partial charge is 0.405 e. The standard InChI is InChI=1S/C17H13N3O4/c1-19-14(21)11-7-10(16(22)24-15(11)20(2)17(19)23)12-8-18-13-6-4-3-5-9(12)13/h3-8,18H,1-2H3. The van der Waals surface area contributed by atoms with Crippen molar-refractivity contribution in [3.63, 3.8) is 0 Å². The average Bonchev–Trinajstić information content (AvgIpc) is 3.02. The smallest absolute Gasteiger partial charge is 0.345 e. The number of aromatic amines is 1. The van der Waals surface area contributed by atoms with Crippen LogP contribution in [-0.2, 0) is 14.1 Å². The number of rotatable bonds is 1. The van der Waals surface area contributed by atoms with Gasteiger partial charge < -0.3 is 9.40 Å². The van der Waals surface area contributed by atoms with Gasteiger partial charge in [-0.15, -0.1) is 0 Å². The van der Waals surface area contributed by atoms with E-state index < -0.39 is 16.9 Å². The molecule has 4 rings (SSSR count). The van der Waals surface area contributed by atoms with Crippen LogP contribution < -0.4 is 16.9 Å². The Bertz CT molecular complexity index is 1290. The van der Waals surface area contributed by atoms with Crippen LogP contribution in [0.2, 0.25) is 0 Å². The summed E-state index contributed by atoms with van der Waals surface area (Å²) in [4.78, 5) is 39.9. The number of aromatic nitrogens is 3. The fourth-order valence-electron chi connectivity index (χ4n) is 2.93. The topological polar surface area (TPSA) is 90.0 Å². The molecule has 1 N–H and O–H groups in total. The summed E-state index contributed by atoms with van der Waals surface area (Å²) in [7, 11) is 2.85. The summed E-state index contributed by atoms with van der Waals surface area (Å²) in [5, 5.41) is 1.03. The molecule has 0 amide bonds. The van der Waals surface area contributed by atoms with Crippen molar-refractivity contribution in [3.05, 3.63) is 67.8 Å². The molecule has 7 heteroatoms. The first-order valence-electron chi connectivity index (χ1n) is 7.29. The highest BCUT2D eigenvalue weighted by Crippen LogP contribution is 2.27. The molecule has 0 fully saturated rings. The zero-order valence-electron chi connectivity index (χ0n) is 13.0. The van der Waals surface area contributed by atoms with Gasteiger partial charge in [0.15, 0.2) is 0 Å². The van der Waals surface area contributed by atoms with Crippen molar-refractivity contribution in [2.75, 3.05) is 0 Å². The van der Waals surface area contributed by atoms with Gasteiger partial charge >= 0.3 is 11.3 Å². The number of hydrogen-bond acceptors (Lipinski definition) is 4. The van der Waals surface area contributed by atoms with E-state index in [9.17, 15) is 14.4 Å². The minimum atomic E-state index is -0.601. The molecule has 0 saturated carbocycles. The molecular weight excluding hydrogens is 310 g/mol. The first-order valence-corrected chi connectivity index (χ1v) is 7.29. The summed E-state index contributed by atoms with van der Waals surface area (Å²) in [5.74, 6) is 0. The predicted octanol–water partition coefficient (Wildman–Crippen LogP) is 1.34. The van der Waals surface area contributed by atoms with Crippen molar-refractivity contribution >= 4 is 22.0 Å². The van der Waals surface area contributed by atoms with Crippen LogP contribution in [0.5, 0.6) is 0 Å². The molecule has 0 saturated heterocycles. The van der Waals surface area contributed by atoms with Crippen molar-refractivity contribution < 1.29 is 4.42 Å². The Morgan fingerprint density at radius 3 is 2.50 bits per heavy atom. The zero-order chi connectivity index (χ0) is 17.0. The minimum absolute atomic E-state index is 0.0308. The Morgan fingerprint density at radius 1 is 0.958 bits per heavy atom. The Kier molecular flexibility index (Phi) is 2.86. The van der Waals surface area contributed by atoms with Gasteiger partial charge in [-0.05, 0) is 12.1 Å². The summed E-state index contributed by atoms with van der Waals surface area (Å²) >= 11 is 0. The van der Waals surface area contributed by atoms with E-state index in [2.05, 4.69) is 4.98 Å². The highest BCUT2D eigenvalue weighted by Gasteiger charge is 2.17. The van der Waals surface area contributed by atoms with Crippen molar-refractivity contribution in [1.29, 1.82) is 0 Å². The summed E-state index contributed by atoms with van der Waals surface area (Å²) in [5.41, 5.74) is 0.119. The molecule has 0 unspecified atom stereocenters. The molecule has 1 aromatic carbocycles. The molecule has 24 heavy (non-hydrogen) atoms. The van der Waals surface area contributed by atoms with Gasteiger partial charge in [-0.1, -0.05) is 18.2 Å². The van der Waals surface area contributed by atoms with Crippen LogP contribution in [0.1, 0.15) is 0 Å². The van der Waals surface area contributed by atoms with Gasteiger partial charge in [0.2, 0.25) is 5.71 Å². The van der Waals surface area contributed by atoms with Crippen LogP contribution >= 0.6 is 0 Å². The maximum Gasteiger partial charge on any atom is 0.345 e. The maximum atomic E-state index is 12.4. The Labute approximate surface area is 134 Å². The van der Waals surface area contributed by atoms with Crippen molar-refractivity contribution in [2.45, 2.75) is 0 Å². The summed E-state index contributed by atoms with van der Waals surface area (Å²) in [6.45, 7) is 0. The summed E-state index contributed by atoms with van der Waals surface area (Å²) < 4.78 is 7.43. The van der Waals surface area contributed by atoms with E-state index in [1.54, 1.807) is 6.20 Å². The van der Waals surface area contributed by atoms with Gasteiger partial charge in [-0.3, -0.25) is 13.9 Å². The normalized spacial score (nSPS) is 11.4. The van der Waals surface area contributed by atoms with Crippen LogP contribution in [0.15, 0.2) is 55.3 Å². The number of benzene rings is 1. The first kappa shape index (κ1) is 14.3. The van der Waals surface area contributed by atoms with E-state index in [1.807, 2.05) is 24.3 Å². The number of para-hydroxylation sites is 1. The molecular formula is C17H13N3O4. The first-order chi connectivity index (χ1) is 11.5. The second-order valence-corrected chi connectivity index (χ2v) is 5.62. The van der Waals surface area contributed by atoms with Gasteiger partial charge in [-0.25, -0.2) is 9.59 Å². The minimum Gasteiger partial charge on any atom is -0.405 e. The van der Waals surface area contributed by atoms with Crippen molar-refractivity contribution in [2.24, 2.45) is 14.1 Å². The number of fused-ring (bicyclic) bond motifs is 2. The van der Waals surface area contributed by atoms with Gasteiger partial charge in [0.1, 0.15) is 5.39 Å². The number of H-pyrrole nitrogens is 1. The van der Waals surface area contributed by atoms with Crippen LogP contribution in [0.3, 0.4) is 0 Å². The molecule has 0 radical (unpaired) electrons. The SMILES string of the molecule is Cn1c(=O)c2cc(-c3c[nH]c4ccccc34)c(=O)oc2n(C)c1=O. The maximum absolute atomic E-state index is 12.4. The number of nitrogens with one attached hydrogen (secondary N) is 1. The van der Waals surface area contributed by atoms with Crippen LogP contribution in [0.25, 0.3) is 33.1 Å². The Balaban J connectivity index is 2.15. The lowest BCUT2D eigenvalue weighted by atomic mass is 10.1. The van der Waals surface area contributed by atoms with Gasteiger partial charge in [0.25, 0.3) is 5.56 Å². The molecule has 4 aromatic rings. The average molecular weight is 323 g/mol. The zero-order valence-corrected chi connectivity index (χ0v) is 13.0. The molecule has 0 aliphatic heterocycles. The third-order valence-electron chi connectivity index (χ3n) is 4.22. The lowest BCUT2D eigenvalue weighted by molar-refractivity contribution is 0.520. The van der Waals surface area contributed by atoms with Crippen molar-refractivity contribution in [1.82, 2.24) is 14.1 Å². The molecule has 0 spiro atoms. The lowest BCUT2D eigenvalue weighted by Gasteiger charge is -2.07. The number of aryl methyl sites for hydroxylation is 1. The van der Waals surface area contributed by atoms with Gasteiger partial charge in [0.05, 0.1) is 5.56 Å². The number of hydrogen-bond donors (Lipinski definition) is 1.